The minimum atomic E-state index is -4.65. The first-order chi connectivity index (χ1) is 22.5. The molecule has 0 atom stereocenters. The molecule has 47 heavy (non-hydrogen) atoms. The minimum Gasteiger partial charge on any atom is -0.490 e. The van der Waals surface area contributed by atoms with Gasteiger partial charge in [-0.2, -0.15) is 18.3 Å². The average Bonchev–Trinajstić information content (AvgIpc) is 3.43. The highest BCUT2D eigenvalue weighted by molar-refractivity contribution is 9.11. The molecule has 0 saturated heterocycles. The third-order valence-corrected chi connectivity index (χ3v) is 7.86. The zero-order chi connectivity index (χ0) is 33.7. The van der Waals surface area contributed by atoms with Crippen molar-refractivity contribution < 1.29 is 37.0 Å². The van der Waals surface area contributed by atoms with Crippen LogP contribution in [0.25, 0.3) is 22.0 Å². The Balaban J connectivity index is 1.45. The third kappa shape index (κ3) is 7.52. The Bertz CT molecular complexity index is 1980. The Morgan fingerprint density at radius 1 is 0.915 bits per heavy atom. The van der Waals surface area contributed by atoms with Gasteiger partial charge in [-0.3, -0.25) is 4.79 Å². The molecule has 13 heteroatoms. The standard InChI is InChI=1S/C34H26Br2F3N3O5/c1-3-45-26-14-13-20(16-27(26)46-4-2)33(44)47-31-21(15-22(35)17-25(31)36)18-40-42-32(43)30-28(19-9-6-5-7-10-19)23-11-8-12-24(29(23)41-30)34(37,38)39/h5-18,41H,3-4H2,1-2H3,(H,42,43). The maximum absolute atomic E-state index is 13.9. The summed E-state index contributed by atoms with van der Waals surface area (Å²) in [5.41, 5.74) is 2.49. The van der Waals surface area contributed by atoms with Crippen LogP contribution in [0.5, 0.6) is 17.2 Å². The number of para-hydroxylation sites is 1. The van der Waals surface area contributed by atoms with Crippen molar-refractivity contribution in [1.82, 2.24) is 10.4 Å². The highest BCUT2D eigenvalue weighted by Crippen LogP contribution is 2.40. The number of alkyl halides is 3. The molecule has 1 aromatic heterocycles. The molecule has 2 N–H and O–H groups in total. The second-order valence-corrected chi connectivity index (χ2v) is 11.7. The van der Waals surface area contributed by atoms with Crippen molar-refractivity contribution in [2.24, 2.45) is 5.10 Å². The molecule has 0 unspecified atom stereocenters. The molecule has 4 aromatic carbocycles. The van der Waals surface area contributed by atoms with E-state index < -0.39 is 23.6 Å². The smallest absolute Gasteiger partial charge is 0.418 e. The van der Waals surface area contributed by atoms with Crippen molar-refractivity contribution in [2.75, 3.05) is 13.2 Å². The van der Waals surface area contributed by atoms with E-state index in [9.17, 15) is 22.8 Å². The van der Waals surface area contributed by atoms with Gasteiger partial charge in [-0.1, -0.05) is 58.4 Å². The normalized spacial score (nSPS) is 11.6. The van der Waals surface area contributed by atoms with E-state index in [0.717, 1.165) is 6.07 Å². The third-order valence-electron chi connectivity index (χ3n) is 6.81. The number of aromatic nitrogens is 1. The maximum atomic E-state index is 13.9. The van der Waals surface area contributed by atoms with Crippen molar-refractivity contribution in [3.63, 3.8) is 0 Å². The Morgan fingerprint density at radius 2 is 1.64 bits per heavy atom. The van der Waals surface area contributed by atoms with Gasteiger partial charge in [-0.25, -0.2) is 10.2 Å². The number of halogens is 5. The summed E-state index contributed by atoms with van der Waals surface area (Å²) < 4.78 is 59.5. The van der Waals surface area contributed by atoms with Crippen LogP contribution in [0.3, 0.4) is 0 Å². The molecule has 0 fully saturated rings. The van der Waals surface area contributed by atoms with Gasteiger partial charge in [-0.15, -0.1) is 0 Å². The lowest BCUT2D eigenvalue weighted by atomic mass is 10.0. The van der Waals surface area contributed by atoms with E-state index in [1.165, 1.54) is 24.4 Å². The van der Waals surface area contributed by atoms with Crippen LogP contribution in [-0.2, 0) is 6.18 Å². The zero-order valence-corrected chi connectivity index (χ0v) is 28.0. The number of carbonyl (C=O) groups is 2. The van der Waals surface area contributed by atoms with E-state index in [-0.39, 0.29) is 27.9 Å². The summed E-state index contributed by atoms with van der Waals surface area (Å²) in [5, 5.41) is 4.28. The number of esters is 1. The van der Waals surface area contributed by atoms with E-state index in [2.05, 4.69) is 47.4 Å². The van der Waals surface area contributed by atoms with Gasteiger partial charge in [0, 0.05) is 21.0 Å². The van der Waals surface area contributed by atoms with E-state index in [4.69, 9.17) is 14.2 Å². The van der Waals surface area contributed by atoms with Gasteiger partial charge in [0.2, 0.25) is 0 Å². The van der Waals surface area contributed by atoms with Crippen LogP contribution in [-0.4, -0.2) is 36.3 Å². The molecule has 242 valence electrons. The Hall–Kier alpha value is -4.62. The lowest BCUT2D eigenvalue weighted by Crippen LogP contribution is -2.19. The van der Waals surface area contributed by atoms with Crippen LogP contribution in [0.15, 0.2) is 92.9 Å². The fourth-order valence-electron chi connectivity index (χ4n) is 4.86. The van der Waals surface area contributed by atoms with E-state index in [1.807, 2.05) is 13.8 Å². The number of aromatic amines is 1. The average molecular weight is 773 g/mol. The van der Waals surface area contributed by atoms with Crippen LogP contribution in [0.4, 0.5) is 13.2 Å². The maximum Gasteiger partial charge on any atom is 0.418 e. The molecule has 8 nitrogen and oxygen atoms in total. The number of rotatable bonds is 10. The number of H-pyrrole nitrogens is 1. The molecule has 0 bridgehead atoms. The number of hydrazone groups is 1. The summed E-state index contributed by atoms with van der Waals surface area (Å²) in [6.07, 6.45) is -3.39. The largest absolute Gasteiger partial charge is 0.490 e. The van der Waals surface area contributed by atoms with Crippen LogP contribution in [0.2, 0.25) is 0 Å². The molecule has 0 aliphatic carbocycles. The number of nitrogens with zero attached hydrogens (tertiary/aromatic N) is 1. The second-order valence-electron chi connectivity index (χ2n) is 9.89. The number of nitrogens with one attached hydrogen (secondary N) is 2. The number of hydrogen-bond donors (Lipinski definition) is 2. The van der Waals surface area contributed by atoms with E-state index >= 15 is 0 Å². The van der Waals surface area contributed by atoms with Crippen LogP contribution in [0.1, 0.15) is 45.8 Å². The van der Waals surface area contributed by atoms with Crippen molar-refractivity contribution >= 4 is 60.9 Å². The summed E-state index contributed by atoms with van der Waals surface area (Å²) in [7, 11) is 0. The number of ether oxygens (including phenoxy) is 3. The predicted octanol–water partition coefficient (Wildman–Crippen LogP) is 9.16. The van der Waals surface area contributed by atoms with Crippen molar-refractivity contribution in [2.45, 2.75) is 20.0 Å². The Labute approximate surface area is 284 Å². The SMILES string of the molecule is CCOc1ccc(C(=O)Oc2c(Br)cc(Br)cc2C=NNC(=O)c2[nH]c3c(C(F)(F)F)cccc3c2-c2ccccc2)cc1OCC. The van der Waals surface area contributed by atoms with Crippen LogP contribution >= 0.6 is 31.9 Å². The highest BCUT2D eigenvalue weighted by atomic mass is 79.9. The molecule has 0 aliphatic heterocycles. The summed E-state index contributed by atoms with van der Waals surface area (Å²) in [6, 6.07) is 20.3. The molecule has 1 amide bonds. The summed E-state index contributed by atoms with van der Waals surface area (Å²) in [4.78, 5) is 29.3. The van der Waals surface area contributed by atoms with E-state index in [0.29, 0.717) is 50.3 Å². The quantitative estimate of drug-likeness (QED) is 0.0638. The number of carbonyl (C=O) groups excluding carboxylic acids is 2. The molecular formula is C34H26Br2F3N3O5. The zero-order valence-electron chi connectivity index (χ0n) is 24.9. The van der Waals surface area contributed by atoms with E-state index in [1.54, 1.807) is 54.6 Å². The van der Waals surface area contributed by atoms with Gasteiger partial charge in [0.05, 0.1) is 40.5 Å². The molecule has 0 saturated carbocycles. The molecule has 1 heterocycles. The predicted molar refractivity (Wildman–Crippen MR) is 179 cm³/mol. The number of amides is 1. The Kier molecular flexibility index (Phi) is 10.4. The second kappa shape index (κ2) is 14.4. The number of hydrogen-bond acceptors (Lipinski definition) is 6. The van der Waals surface area contributed by atoms with Crippen LogP contribution < -0.4 is 19.6 Å². The molecule has 0 radical (unpaired) electrons. The molecule has 0 aliphatic rings. The first-order valence-electron chi connectivity index (χ1n) is 14.2. The summed E-state index contributed by atoms with van der Waals surface area (Å²) in [6.45, 7) is 4.42. The van der Waals surface area contributed by atoms with Crippen molar-refractivity contribution in [3.8, 4) is 28.4 Å². The Morgan fingerprint density at radius 3 is 2.34 bits per heavy atom. The van der Waals surface area contributed by atoms with Crippen molar-refractivity contribution in [3.05, 3.63) is 110 Å². The number of fused-ring (bicyclic) bond motifs is 1. The van der Waals surface area contributed by atoms with Gasteiger partial charge in [0.1, 0.15) is 5.69 Å². The van der Waals surface area contributed by atoms with Crippen molar-refractivity contribution in [1.29, 1.82) is 0 Å². The topological polar surface area (TPSA) is 102 Å². The van der Waals surface area contributed by atoms with Gasteiger partial charge in [-0.05, 0) is 71.7 Å². The fourth-order valence-corrected chi connectivity index (χ4v) is 6.20. The summed E-state index contributed by atoms with van der Waals surface area (Å²) >= 11 is 6.80. The van der Waals surface area contributed by atoms with Gasteiger partial charge >= 0.3 is 12.1 Å². The fraction of sp³-hybridized carbons (Fsp3) is 0.147. The molecule has 5 rings (SSSR count). The lowest BCUT2D eigenvalue weighted by molar-refractivity contribution is -0.136. The first-order valence-corrected chi connectivity index (χ1v) is 15.8. The monoisotopic (exact) mass is 771 g/mol. The van der Waals surface area contributed by atoms with Gasteiger partial charge in [0.15, 0.2) is 17.2 Å². The highest BCUT2D eigenvalue weighted by Gasteiger charge is 2.34. The van der Waals surface area contributed by atoms with Gasteiger partial charge < -0.3 is 19.2 Å². The molecular weight excluding hydrogens is 747 g/mol. The lowest BCUT2D eigenvalue weighted by Gasteiger charge is -2.13. The first kappa shape index (κ1) is 33.7. The molecule has 5 aromatic rings. The van der Waals surface area contributed by atoms with Crippen LogP contribution in [0, 0.1) is 0 Å². The van der Waals surface area contributed by atoms with Gasteiger partial charge in [0.25, 0.3) is 5.91 Å². The number of benzene rings is 4. The molecule has 0 spiro atoms. The summed E-state index contributed by atoms with van der Waals surface area (Å²) in [5.74, 6) is -0.498. The minimum absolute atomic E-state index is 0.105.